The summed E-state index contributed by atoms with van der Waals surface area (Å²) in [5.41, 5.74) is 0. The molecule has 0 bridgehead atoms. The van der Waals surface area contributed by atoms with Crippen LogP contribution in [0, 0.1) is 0 Å². The Hall–Kier alpha value is -1.01. The Morgan fingerprint density at radius 2 is 2.00 bits per heavy atom. The number of pyridine rings is 1. The molecule has 0 saturated heterocycles. The van der Waals surface area contributed by atoms with E-state index in [0.29, 0.717) is 0 Å². The van der Waals surface area contributed by atoms with Crippen LogP contribution in [0.15, 0.2) is 12.3 Å². The van der Waals surface area contributed by atoms with E-state index in [1.807, 2.05) is 0 Å². The molecular formula is C7H3Cl2F3N2O. The monoisotopic (exact) mass is 258 g/mol. The highest BCUT2D eigenvalue weighted by Gasteiger charge is 2.39. The highest BCUT2D eigenvalue weighted by atomic mass is 35.5. The average Bonchev–Trinajstić information content (AvgIpc) is 2.08. The van der Waals surface area contributed by atoms with E-state index in [0.717, 1.165) is 6.20 Å². The summed E-state index contributed by atoms with van der Waals surface area (Å²) in [7, 11) is 0. The van der Waals surface area contributed by atoms with E-state index in [9.17, 15) is 18.0 Å². The summed E-state index contributed by atoms with van der Waals surface area (Å²) in [6, 6.07) is 1.17. The molecule has 1 heterocycles. The van der Waals surface area contributed by atoms with Gasteiger partial charge in [-0.2, -0.15) is 13.2 Å². The van der Waals surface area contributed by atoms with Crippen LogP contribution in [0.4, 0.5) is 19.0 Å². The van der Waals surface area contributed by atoms with Crippen LogP contribution in [-0.2, 0) is 4.79 Å². The molecule has 15 heavy (non-hydrogen) atoms. The molecule has 0 atom stereocenters. The van der Waals surface area contributed by atoms with Gasteiger partial charge in [0, 0.05) is 6.20 Å². The zero-order valence-corrected chi connectivity index (χ0v) is 8.41. The summed E-state index contributed by atoms with van der Waals surface area (Å²) in [5.74, 6) is -2.53. The van der Waals surface area contributed by atoms with Gasteiger partial charge in [0.2, 0.25) is 0 Å². The normalized spacial score (nSPS) is 11.3. The SMILES string of the molecule is O=C(Nc1ncc(Cl)cc1Cl)C(F)(F)F. The molecule has 1 amide bonds. The molecule has 0 aliphatic heterocycles. The zero-order chi connectivity index (χ0) is 11.6. The topological polar surface area (TPSA) is 42.0 Å². The van der Waals surface area contributed by atoms with Gasteiger partial charge in [0.25, 0.3) is 0 Å². The molecule has 0 spiro atoms. The first-order valence-corrected chi connectivity index (χ1v) is 4.25. The van der Waals surface area contributed by atoms with E-state index >= 15 is 0 Å². The van der Waals surface area contributed by atoms with Crippen LogP contribution in [0.3, 0.4) is 0 Å². The summed E-state index contributed by atoms with van der Waals surface area (Å²) < 4.78 is 35.5. The second-order valence-corrected chi connectivity index (χ2v) is 3.28. The van der Waals surface area contributed by atoms with E-state index in [1.54, 1.807) is 0 Å². The van der Waals surface area contributed by atoms with Crippen molar-refractivity contribution in [1.29, 1.82) is 0 Å². The van der Waals surface area contributed by atoms with Crippen molar-refractivity contribution in [2.45, 2.75) is 6.18 Å². The van der Waals surface area contributed by atoms with Crippen molar-refractivity contribution in [3.63, 3.8) is 0 Å². The lowest BCUT2D eigenvalue weighted by molar-refractivity contribution is -0.167. The summed E-state index contributed by atoms with van der Waals surface area (Å²) >= 11 is 11.0. The largest absolute Gasteiger partial charge is 0.471 e. The number of hydrogen-bond donors (Lipinski definition) is 1. The number of carbonyl (C=O) groups excluding carboxylic acids is 1. The molecule has 1 N–H and O–H groups in total. The van der Waals surface area contributed by atoms with Gasteiger partial charge in [0.15, 0.2) is 5.82 Å². The van der Waals surface area contributed by atoms with Crippen LogP contribution in [0.5, 0.6) is 0 Å². The van der Waals surface area contributed by atoms with Gasteiger partial charge in [-0.15, -0.1) is 0 Å². The van der Waals surface area contributed by atoms with Crippen molar-refractivity contribution in [1.82, 2.24) is 4.98 Å². The van der Waals surface area contributed by atoms with Gasteiger partial charge < -0.3 is 5.32 Å². The molecule has 82 valence electrons. The maximum Gasteiger partial charge on any atom is 0.471 e. The van der Waals surface area contributed by atoms with Crippen LogP contribution in [0.2, 0.25) is 10.0 Å². The van der Waals surface area contributed by atoms with Crippen molar-refractivity contribution < 1.29 is 18.0 Å². The Morgan fingerprint density at radius 3 is 2.47 bits per heavy atom. The van der Waals surface area contributed by atoms with Gasteiger partial charge in [-0.1, -0.05) is 23.2 Å². The van der Waals surface area contributed by atoms with E-state index < -0.39 is 12.1 Å². The van der Waals surface area contributed by atoms with Crippen molar-refractivity contribution in [3.05, 3.63) is 22.3 Å². The van der Waals surface area contributed by atoms with Crippen LogP contribution in [0.25, 0.3) is 0 Å². The summed E-state index contributed by atoms with van der Waals surface area (Å²) in [4.78, 5) is 13.9. The number of anilines is 1. The van der Waals surface area contributed by atoms with Gasteiger partial charge in [-0.05, 0) is 6.07 Å². The van der Waals surface area contributed by atoms with Gasteiger partial charge in [-0.25, -0.2) is 4.98 Å². The second kappa shape index (κ2) is 4.24. The number of hydrogen-bond acceptors (Lipinski definition) is 2. The predicted octanol–water partition coefficient (Wildman–Crippen LogP) is 2.89. The Kier molecular flexibility index (Phi) is 3.41. The zero-order valence-electron chi connectivity index (χ0n) is 6.90. The predicted molar refractivity (Wildman–Crippen MR) is 48.9 cm³/mol. The molecular weight excluding hydrogens is 256 g/mol. The van der Waals surface area contributed by atoms with Crippen molar-refractivity contribution in [2.75, 3.05) is 5.32 Å². The van der Waals surface area contributed by atoms with Crippen molar-refractivity contribution in [3.8, 4) is 0 Å². The molecule has 0 aliphatic rings. The molecule has 8 heteroatoms. The van der Waals surface area contributed by atoms with Gasteiger partial charge in [0.05, 0.1) is 10.0 Å². The standard InChI is InChI=1S/C7H3Cl2F3N2O/c8-3-1-4(9)5(13-2-3)14-6(15)7(10,11)12/h1-2H,(H,13,14,15). The third-order valence-electron chi connectivity index (χ3n) is 1.30. The first-order chi connectivity index (χ1) is 6.80. The van der Waals surface area contributed by atoms with Gasteiger partial charge in [0.1, 0.15) is 0 Å². The number of carbonyl (C=O) groups is 1. The molecule has 0 aliphatic carbocycles. The highest BCUT2D eigenvalue weighted by molar-refractivity contribution is 6.36. The number of aromatic nitrogens is 1. The molecule has 0 fully saturated rings. The molecule has 0 saturated carbocycles. The first-order valence-electron chi connectivity index (χ1n) is 3.50. The number of amides is 1. The third kappa shape index (κ3) is 3.24. The summed E-state index contributed by atoms with van der Waals surface area (Å²) in [6.45, 7) is 0. The molecule has 1 rings (SSSR count). The lowest BCUT2D eigenvalue weighted by atomic mass is 10.4. The fourth-order valence-electron chi connectivity index (χ4n) is 0.685. The van der Waals surface area contributed by atoms with Crippen LogP contribution >= 0.6 is 23.2 Å². The molecule has 0 aromatic carbocycles. The number of nitrogens with one attached hydrogen (secondary N) is 1. The fraction of sp³-hybridized carbons (Fsp3) is 0.143. The van der Waals surface area contributed by atoms with E-state index in [-0.39, 0.29) is 15.9 Å². The lowest BCUT2D eigenvalue weighted by Crippen LogP contribution is -2.30. The number of nitrogens with zero attached hydrogens (tertiary/aromatic N) is 1. The molecule has 1 aromatic rings. The maximum atomic E-state index is 11.8. The Bertz CT molecular complexity index is 394. The summed E-state index contributed by atoms with van der Waals surface area (Å²) in [6.07, 6.45) is -3.91. The minimum atomic E-state index is -4.98. The Labute approximate surface area is 92.2 Å². The van der Waals surface area contributed by atoms with Crippen LogP contribution in [-0.4, -0.2) is 17.1 Å². The first kappa shape index (κ1) is 12.1. The van der Waals surface area contributed by atoms with E-state index in [2.05, 4.69) is 4.98 Å². The van der Waals surface area contributed by atoms with Crippen molar-refractivity contribution >= 4 is 34.9 Å². The Morgan fingerprint density at radius 1 is 1.40 bits per heavy atom. The Balaban J connectivity index is 2.87. The number of alkyl halides is 3. The minimum Gasteiger partial charge on any atom is -0.302 e. The van der Waals surface area contributed by atoms with Crippen LogP contribution in [0.1, 0.15) is 0 Å². The molecule has 3 nitrogen and oxygen atoms in total. The third-order valence-corrected chi connectivity index (χ3v) is 1.79. The van der Waals surface area contributed by atoms with Gasteiger partial charge in [-0.3, -0.25) is 4.79 Å². The quantitative estimate of drug-likeness (QED) is 0.842. The van der Waals surface area contributed by atoms with E-state index in [4.69, 9.17) is 23.2 Å². The number of rotatable bonds is 1. The lowest BCUT2D eigenvalue weighted by Gasteiger charge is -2.08. The fourth-order valence-corrected chi connectivity index (χ4v) is 1.11. The summed E-state index contributed by atoms with van der Waals surface area (Å²) in [5, 5.41) is 1.50. The smallest absolute Gasteiger partial charge is 0.302 e. The molecule has 0 radical (unpaired) electrons. The maximum absolute atomic E-state index is 11.8. The second-order valence-electron chi connectivity index (χ2n) is 2.44. The average molecular weight is 259 g/mol. The van der Waals surface area contributed by atoms with Crippen LogP contribution < -0.4 is 5.32 Å². The van der Waals surface area contributed by atoms with Crippen molar-refractivity contribution in [2.24, 2.45) is 0 Å². The van der Waals surface area contributed by atoms with Gasteiger partial charge >= 0.3 is 12.1 Å². The van der Waals surface area contributed by atoms with E-state index in [1.165, 1.54) is 11.4 Å². The molecule has 0 unspecified atom stereocenters. The highest BCUT2D eigenvalue weighted by Crippen LogP contribution is 2.24. The minimum absolute atomic E-state index is 0.157. The number of halogens is 5. The molecule has 1 aromatic heterocycles.